The summed E-state index contributed by atoms with van der Waals surface area (Å²) in [7, 11) is 3.64. The van der Waals surface area contributed by atoms with Crippen LogP contribution in [0.1, 0.15) is 17.2 Å². The summed E-state index contributed by atoms with van der Waals surface area (Å²) in [6.45, 7) is 1.84. The first-order chi connectivity index (χ1) is 11.7. The molecule has 1 unspecified atom stereocenters. The van der Waals surface area contributed by atoms with Gasteiger partial charge in [0.25, 0.3) is 0 Å². The van der Waals surface area contributed by atoms with Gasteiger partial charge in [-0.1, -0.05) is 24.3 Å². The number of para-hydroxylation sites is 1. The lowest BCUT2D eigenvalue weighted by molar-refractivity contribution is 0.136. The van der Waals surface area contributed by atoms with Crippen molar-refractivity contribution in [2.45, 2.75) is 12.6 Å². The third-order valence-electron chi connectivity index (χ3n) is 4.27. The Kier molecular flexibility index (Phi) is 5.23. The van der Waals surface area contributed by atoms with Crippen molar-refractivity contribution in [2.24, 2.45) is 0 Å². The molecule has 5 nitrogen and oxygen atoms in total. The maximum Gasteiger partial charge on any atom is 0.165 e. The standard InChI is InChI=1S/C19H23NO4/c1-20(17(13-21)14-6-8-16(22-2)9-7-14)12-15-4-3-5-18-19(15)24-11-10-23-18/h3-9,17,21H,10-13H2,1-2H3. The first kappa shape index (κ1) is 16.6. The molecule has 0 amide bonds. The van der Waals surface area contributed by atoms with E-state index in [0.717, 1.165) is 28.4 Å². The SMILES string of the molecule is COc1ccc(C(CO)N(C)Cc2cccc3c2OCCO3)cc1. The third kappa shape index (κ3) is 3.47. The Labute approximate surface area is 142 Å². The van der Waals surface area contributed by atoms with Crippen LogP contribution < -0.4 is 14.2 Å². The Hall–Kier alpha value is -2.24. The van der Waals surface area contributed by atoms with Crippen molar-refractivity contribution in [1.29, 1.82) is 0 Å². The molecule has 0 aliphatic carbocycles. The Morgan fingerprint density at radius 2 is 1.88 bits per heavy atom. The van der Waals surface area contributed by atoms with Gasteiger partial charge in [-0.3, -0.25) is 4.90 Å². The van der Waals surface area contributed by atoms with E-state index in [9.17, 15) is 5.11 Å². The number of rotatable bonds is 6. The molecule has 5 heteroatoms. The molecule has 0 saturated heterocycles. The lowest BCUT2D eigenvalue weighted by atomic mass is 10.0. The molecule has 2 aromatic rings. The van der Waals surface area contributed by atoms with E-state index in [0.29, 0.717) is 19.8 Å². The van der Waals surface area contributed by atoms with E-state index in [-0.39, 0.29) is 12.6 Å². The topological polar surface area (TPSA) is 51.2 Å². The molecule has 0 radical (unpaired) electrons. The third-order valence-corrected chi connectivity index (χ3v) is 4.27. The van der Waals surface area contributed by atoms with Crippen molar-refractivity contribution in [3.63, 3.8) is 0 Å². The van der Waals surface area contributed by atoms with Crippen molar-refractivity contribution < 1.29 is 19.3 Å². The van der Waals surface area contributed by atoms with Crippen LogP contribution in [0.15, 0.2) is 42.5 Å². The van der Waals surface area contributed by atoms with Gasteiger partial charge in [-0.05, 0) is 30.8 Å². The Balaban J connectivity index is 1.78. The molecule has 0 bridgehead atoms. The summed E-state index contributed by atoms with van der Waals surface area (Å²) in [4.78, 5) is 2.11. The Bertz CT molecular complexity index is 672. The first-order valence-electron chi connectivity index (χ1n) is 8.05. The minimum absolute atomic E-state index is 0.0369. The normalized spacial score (nSPS) is 14.5. The lowest BCUT2D eigenvalue weighted by Crippen LogP contribution is -2.27. The maximum atomic E-state index is 9.86. The number of ether oxygens (including phenoxy) is 3. The average molecular weight is 329 g/mol. The van der Waals surface area contributed by atoms with Crippen LogP contribution in [0.3, 0.4) is 0 Å². The van der Waals surface area contributed by atoms with Crippen LogP contribution in [0.25, 0.3) is 0 Å². The van der Waals surface area contributed by atoms with Crippen LogP contribution in [0.4, 0.5) is 0 Å². The second-order valence-electron chi connectivity index (χ2n) is 5.83. The zero-order chi connectivity index (χ0) is 16.9. The molecule has 1 atom stereocenters. The second-order valence-corrected chi connectivity index (χ2v) is 5.83. The van der Waals surface area contributed by atoms with Gasteiger partial charge >= 0.3 is 0 Å². The second kappa shape index (κ2) is 7.55. The molecule has 1 aliphatic rings. The summed E-state index contributed by atoms with van der Waals surface area (Å²) in [5, 5.41) is 9.86. The summed E-state index contributed by atoms with van der Waals surface area (Å²) in [6, 6.07) is 13.6. The smallest absolute Gasteiger partial charge is 0.165 e. The fraction of sp³-hybridized carbons (Fsp3) is 0.368. The molecule has 0 spiro atoms. The summed E-state index contributed by atoms with van der Waals surface area (Å²) in [5.41, 5.74) is 2.10. The van der Waals surface area contributed by atoms with Crippen molar-refractivity contribution >= 4 is 0 Å². The molecule has 0 aromatic heterocycles. The number of fused-ring (bicyclic) bond motifs is 1. The van der Waals surface area contributed by atoms with Crippen LogP contribution in [0.5, 0.6) is 17.2 Å². The van der Waals surface area contributed by atoms with Gasteiger partial charge in [-0.15, -0.1) is 0 Å². The zero-order valence-corrected chi connectivity index (χ0v) is 14.1. The molecular weight excluding hydrogens is 306 g/mol. The monoisotopic (exact) mass is 329 g/mol. The maximum absolute atomic E-state index is 9.86. The number of hydrogen-bond donors (Lipinski definition) is 1. The molecule has 1 heterocycles. The highest BCUT2D eigenvalue weighted by Gasteiger charge is 2.21. The minimum atomic E-state index is -0.101. The van der Waals surface area contributed by atoms with E-state index < -0.39 is 0 Å². The molecule has 24 heavy (non-hydrogen) atoms. The van der Waals surface area contributed by atoms with Gasteiger partial charge in [0.2, 0.25) is 0 Å². The number of benzene rings is 2. The van der Waals surface area contributed by atoms with Crippen molar-refractivity contribution in [3.05, 3.63) is 53.6 Å². The number of aliphatic hydroxyl groups excluding tert-OH is 1. The van der Waals surface area contributed by atoms with Crippen molar-refractivity contribution in [3.8, 4) is 17.2 Å². The number of nitrogens with zero attached hydrogens (tertiary/aromatic N) is 1. The van der Waals surface area contributed by atoms with E-state index in [1.807, 2.05) is 49.5 Å². The highest BCUT2D eigenvalue weighted by Crippen LogP contribution is 2.35. The fourth-order valence-electron chi connectivity index (χ4n) is 2.96. The summed E-state index contributed by atoms with van der Waals surface area (Å²) >= 11 is 0. The summed E-state index contributed by atoms with van der Waals surface area (Å²) < 4.78 is 16.6. The average Bonchev–Trinajstić information content (AvgIpc) is 2.63. The van der Waals surface area contributed by atoms with Gasteiger partial charge in [-0.25, -0.2) is 0 Å². The predicted molar refractivity (Wildman–Crippen MR) is 91.7 cm³/mol. The van der Waals surface area contributed by atoms with E-state index >= 15 is 0 Å². The zero-order valence-electron chi connectivity index (χ0n) is 14.1. The van der Waals surface area contributed by atoms with E-state index in [1.54, 1.807) is 7.11 Å². The van der Waals surface area contributed by atoms with E-state index in [2.05, 4.69) is 4.90 Å². The number of aliphatic hydroxyl groups is 1. The molecule has 2 aromatic carbocycles. The quantitative estimate of drug-likeness (QED) is 0.883. The molecule has 128 valence electrons. The van der Waals surface area contributed by atoms with Gasteiger partial charge in [0.1, 0.15) is 19.0 Å². The molecule has 3 rings (SSSR count). The molecule has 0 fully saturated rings. The van der Waals surface area contributed by atoms with Crippen molar-refractivity contribution in [2.75, 3.05) is 34.0 Å². The lowest BCUT2D eigenvalue weighted by Gasteiger charge is -2.29. The molecule has 0 saturated carbocycles. The number of hydrogen-bond acceptors (Lipinski definition) is 5. The van der Waals surface area contributed by atoms with Gasteiger partial charge in [0.15, 0.2) is 11.5 Å². The predicted octanol–water partition coefficient (Wildman–Crippen LogP) is 2.63. The van der Waals surface area contributed by atoms with Gasteiger partial charge in [0, 0.05) is 12.1 Å². The largest absolute Gasteiger partial charge is 0.497 e. The Morgan fingerprint density at radius 1 is 1.12 bits per heavy atom. The highest BCUT2D eigenvalue weighted by atomic mass is 16.6. The van der Waals surface area contributed by atoms with Crippen LogP contribution in [-0.2, 0) is 6.54 Å². The summed E-state index contributed by atoms with van der Waals surface area (Å²) in [5.74, 6) is 2.40. The first-order valence-corrected chi connectivity index (χ1v) is 8.05. The van der Waals surface area contributed by atoms with Crippen LogP contribution >= 0.6 is 0 Å². The van der Waals surface area contributed by atoms with Gasteiger partial charge in [0.05, 0.1) is 19.8 Å². The number of likely N-dealkylation sites (N-methyl/N-ethyl adjacent to an activating group) is 1. The van der Waals surface area contributed by atoms with Crippen molar-refractivity contribution in [1.82, 2.24) is 4.90 Å². The molecular formula is C19H23NO4. The highest BCUT2D eigenvalue weighted by molar-refractivity contribution is 5.47. The number of methoxy groups -OCH3 is 1. The Morgan fingerprint density at radius 3 is 2.58 bits per heavy atom. The van der Waals surface area contributed by atoms with E-state index in [1.165, 1.54) is 0 Å². The van der Waals surface area contributed by atoms with Gasteiger partial charge in [-0.2, -0.15) is 0 Å². The van der Waals surface area contributed by atoms with Crippen LogP contribution in [-0.4, -0.2) is 44.0 Å². The fourth-order valence-corrected chi connectivity index (χ4v) is 2.96. The summed E-state index contributed by atoms with van der Waals surface area (Å²) in [6.07, 6.45) is 0. The van der Waals surface area contributed by atoms with Crippen LogP contribution in [0.2, 0.25) is 0 Å². The minimum Gasteiger partial charge on any atom is -0.497 e. The molecule has 1 aliphatic heterocycles. The molecule has 1 N–H and O–H groups in total. The van der Waals surface area contributed by atoms with Gasteiger partial charge < -0.3 is 19.3 Å². The van der Waals surface area contributed by atoms with E-state index in [4.69, 9.17) is 14.2 Å². The van der Waals surface area contributed by atoms with Crippen LogP contribution in [0, 0.1) is 0 Å².